The summed E-state index contributed by atoms with van der Waals surface area (Å²) in [7, 11) is -2.56. The summed E-state index contributed by atoms with van der Waals surface area (Å²) in [6.07, 6.45) is 1.16. The van der Waals surface area contributed by atoms with Crippen LogP contribution in [0.5, 0.6) is 0 Å². The van der Waals surface area contributed by atoms with Crippen molar-refractivity contribution in [2.24, 2.45) is 0 Å². The monoisotopic (exact) mass is 175 g/mol. The average Bonchev–Trinajstić information content (AvgIpc) is 2.65. The highest BCUT2D eigenvalue weighted by Gasteiger charge is 2.32. The largest absolute Gasteiger partial charge is 0.390 e. The van der Waals surface area contributed by atoms with E-state index in [0.717, 1.165) is 13.0 Å². The van der Waals surface area contributed by atoms with Crippen molar-refractivity contribution in [3.05, 3.63) is 0 Å². The van der Waals surface area contributed by atoms with Gasteiger partial charge in [0.25, 0.3) is 0 Å². The Labute approximate surface area is 68.6 Å². The molecule has 2 atom stereocenters. The molecule has 0 aromatic heterocycles. The minimum Gasteiger partial charge on any atom is -0.390 e. The lowest BCUT2D eigenvalue weighted by Crippen LogP contribution is -2.34. The Balaban J connectivity index is 2.09. The van der Waals surface area contributed by atoms with Gasteiger partial charge >= 0.3 is 8.56 Å². The van der Waals surface area contributed by atoms with Crippen molar-refractivity contribution in [1.82, 2.24) is 0 Å². The van der Waals surface area contributed by atoms with E-state index in [1.54, 1.807) is 6.55 Å². The topological polar surface area (TPSA) is 41.7 Å². The number of epoxide rings is 1. The Morgan fingerprint density at radius 1 is 1.73 bits per heavy atom. The van der Waals surface area contributed by atoms with E-state index in [1.165, 1.54) is 0 Å². The molecule has 4 heteroatoms. The number of hydrogen-bond acceptors (Lipinski definition) is 2. The van der Waals surface area contributed by atoms with Crippen LogP contribution in [-0.2, 0) is 14.0 Å². The molecule has 2 unspecified atom stereocenters. The normalized spacial score (nSPS) is 28.1. The molecule has 0 spiro atoms. The summed E-state index contributed by atoms with van der Waals surface area (Å²) in [4.78, 5) is 11.5. The molecule has 65 valence electrons. The summed E-state index contributed by atoms with van der Waals surface area (Å²) in [5.74, 6) is 0. The first-order valence-corrected chi connectivity index (χ1v) is 6.62. The highest BCUT2D eigenvalue weighted by molar-refractivity contribution is 6.64. The summed E-state index contributed by atoms with van der Waals surface area (Å²) in [6.45, 7) is 5.03. The molecule has 1 fully saturated rings. The molecule has 0 aromatic rings. The van der Waals surface area contributed by atoms with E-state index in [-0.39, 0.29) is 6.10 Å². The second kappa shape index (κ2) is 3.67. The molecular formula is C7H15O3Si. The Hall–Kier alpha value is 0.0969. The first-order chi connectivity index (χ1) is 5.14. The maximum Gasteiger partial charge on any atom is 0.370 e. The predicted molar refractivity (Wildman–Crippen MR) is 43.1 cm³/mol. The molecule has 0 bridgehead atoms. The maximum atomic E-state index is 11.5. The zero-order chi connectivity index (χ0) is 8.32. The predicted octanol–water partition coefficient (Wildman–Crippen LogP) is 1.31. The fourth-order valence-electron chi connectivity index (χ4n) is 0.960. The molecule has 1 rings (SSSR count). The van der Waals surface area contributed by atoms with Gasteiger partial charge in [0.15, 0.2) is 0 Å². The van der Waals surface area contributed by atoms with E-state index in [1.807, 2.05) is 6.92 Å². The molecule has 0 aliphatic carbocycles. The molecule has 0 N–H and O–H groups in total. The van der Waals surface area contributed by atoms with Crippen LogP contribution in [0.1, 0.15) is 13.3 Å². The van der Waals surface area contributed by atoms with Gasteiger partial charge in [-0.1, -0.05) is 13.3 Å². The van der Waals surface area contributed by atoms with Gasteiger partial charge in [0, 0.05) is 0 Å². The van der Waals surface area contributed by atoms with Crippen LogP contribution >= 0.6 is 0 Å². The van der Waals surface area contributed by atoms with Gasteiger partial charge in [-0.25, -0.2) is 0 Å². The van der Waals surface area contributed by atoms with E-state index in [4.69, 9.17) is 9.16 Å². The van der Waals surface area contributed by atoms with Crippen LogP contribution in [0.2, 0.25) is 12.6 Å². The minimum absolute atomic E-state index is 0.229. The van der Waals surface area contributed by atoms with Gasteiger partial charge in [-0.2, -0.15) is 0 Å². The quantitative estimate of drug-likeness (QED) is 0.467. The molecule has 0 aromatic carbocycles. The van der Waals surface area contributed by atoms with Crippen LogP contribution < -0.4 is 0 Å². The van der Waals surface area contributed by atoms with Crippen molar-refractivity contribution in [3.63, 3.8) is 0 Å². The van der Waals surface area contributed by atoms with Gasteiger partial charge in [-0.05, 0) is 12.6 Å². The summed E-state index contributed by atoms with van der Waals surface area (Å²) in [5.41, 5.74) is 0. The lowest BCUT2D eigenvalue weighted by molar-refractivity contribution is 0.182. The van der Waals surface area contributed by atoms with Crippen LogP contribution in [0.4, 0.5) is 0 Å². The fourth-order valence-corrected chi connectivity index (χ4v) is 2.55. The number of rotatable bonds is 5. The van der Waals surface area contributed by atoms with Crippen LogP contribution in [0.15, 0.2) is 0 Å². The lowest BCUT2D eigenvalue weighted by atomic mass is 10.5. The molecule has 1 aliphatic heterocycles. The second-order valence-electron chi connectivity index (χ2n) is 3.15. The molecule has 0 saturated carbocycles. The third-order valence-corrected chi connectivity index (χ3v) is 3.87. The molecule has 1 saturated heterocycles. The summed E-state index contributed by atoms with van der Waals surface area (Å²) in [6, 6.07) is 0.708. The SMILES string of the molecule is CCC[Si](C)([O])OCC1CO1. The standard InChI is InChI=1S/C7H15O3Si/c1-3-4-11(2,8)10-6-7-5-9-7/h7H,3-6H2,1-2H3. The van der Waals surface area contributed by atoms with Crippen LogP contribution in [0, 0.1) is 0 Å². The smallest absolute Gasteiger partial charge is 0.370 e. The summed E-state index contributed by atoms with van der Waals surface area (Å²) < 4.78 is 10.2. The highest BCUT2D eigenvalue weighted by atomic mass is 28.4. The van der Waals surface area contributed by atoms with E-state index < -0.39 is 8.56 Å². The van der Waals surface area contributed by atoms with Gasteiger partial charge in [0.2, 0.25) is 0 Å². The average molecular weight is 175 g/mol. The molecule has 1 heterocycles. The Kier molecular flexibility index (Phi) is 3.06. The Morgan fingerprint density at radius 3 is 2.82 bits per heavy atom. The zero-order valence-corrected chi connectivity index (χ0v) is 8.13. The Bertz CT molecular complexity index is 123. The Morgan fingerprint density at radius 2 is 2.36 bits per heavy atom. The summed E-state index contributed by atoms with van der Waals surface area (Å²) in [5, 5.41) is 0. The van der Waals surface area contributed by atoms with E-state index in [2.05, 4.69) is 0 Å². The van der Waals surface area contributed by atoms with Crippen LogP contribution in [-0.4, -0.2) is 27.9 Å². The van der Waals surface area contributed by atoms with Crippen molar-refractivity contribution in [2.75, 3.05) is 13.2 Å². The molecule has 0 amide bonds. The van der Waals surface area contributed by atoms with Gasteiger partial charge in [-0.15, -0.1) is 0 Å². The van der Waals surface area contributed by atoms with E-state index >= 15 is 0 Å². The van der Waals surface area contributed by atoms with Gasteiger partial charge < -0.3 is 9.16 Å². The van der Waals surface area contributed by atoms with Crippen molar-refractivity contribution < 1.29 is 14.0 Å². The third-order valence-electron chi connectivity index (χ3n) is 1.68. The van der Waals surface area contributed by atoms with E-state index in [0.29, 0.717) is 12.7 Å². The summed E-state index contributed by atoms with van der Waals surface area (Å²) >= 11 is 0. The third kappa shape index (κ3) is 3.86. The van der Waals surface area contributed by atoms with Crippen LogP contribution in [0.3, 0.4) is 0 Å². The second-order valence-corrected chi connectivity index (χ2v) is 6.21. The van der Waals surface area contributed by atoms with Gasteiger partial charge in [0.05, 0.1) is 13.2 Å². The maximum absolute atomic E-state index is 11.5. The number of hydrogen-bond donors (Lipinski definition) is 0. The molecule has 1 aliphatic rings. The fraction of sp³-hybridized carbons (Fsp3) is 1.00. The van der Waals surface area contributed by atoms with E-state index in [9.17, 15) is 4.80 Å². The molecule has 3 nitrogen and oxygen atoms in total. The first kappa shape index (κ1) is 9.19. The van der Waals surface area contributed by atoms with Gasteiger partial charge in [0.1, 0.15) is 6.10 Å². The van der Waals surface area contributed by atoms with Gasteiger partial charge in [-0.3, -0.25) is 4.80 Å². The van der Waals surface area contributed by atoms with Crippen molar-refractivity contribution in [3.8, 4) is 0 Å². The molecular weight excluding hydrogens is 160 g/mol. The first-order valence-electron chi connectivity index (χ1n) is 4.10. The van der Waals surface area contributed by atoms with Crippen LogP contribution in [0.25, 0.3) is 0 Å². The molecule has 1 radical (unpaired) electrons. The van der Waals surface area contributed by atoms with Crippen molar-refractivity contribution in [1.29, 1.82) is 0 Å². The minimum atomic E-state index is -2.56. The molecule has 11 heavy (non-hydrogen) atoms. The van der Waals surface area contributed by atoms with Crippen molar-refractivity contribution >= 4 is 8.56 Å². The number of ether oxygens (including phenoxy) is 1. The highest BCUT2D eigenvalue weighted by Crippen LogP contribution is 2.15. The zero-order valence-electron chi connectivity index (χ0n) is 7.13. The lowest BCUT2D eigenvalue weighted by Gasteiger charge is -2.15. The van der Waals surface area contributed by atoms with Crippen molar-refractivity contribution in [2.45, 2.75) is 32.0 Å².